The Morgan fingerprint density at radius 2 is 1.89 bits per heavy atom. The van der Waals surface area contributed by atoms with Gasteiger partial charge in [-0.15, -0.1) is 0 Å². The molecule has 1 spiro atoms. The van der Waals surface area contributed by atoms with Gasteiger partial charge < -0.3 is 14.2 Å². The zero-order chi connectivity index (χ0) is 19.5. The van der Waals surface area contributed by atoms with Crippen molar-refractivity contribution < 1.29 is 14.2 Å². The molecular formula is C23H43NO3. The maximum absolute atomic E-state index is 6.50. The van der Waals surface area contributed by atoms with Crippen LogP contribution < -0.4 is 0 Å². The minimum atomic E-state index is -0.272. The van der Waals surface area contributed by atoms with E-state index < -0.39 is 0 Å². The Morgan fingerprint density at radius 3 is 2.56 bits per heavy atom. The molecule has 0 amide bonds. The lowest BCUT2D eigenvalue weighted by Crippen LogP contribution is -2.43. The number of rotatable bonds is 7. The van der Waals surface area contributed by atoms with Gasteiger partial charge in [-0.25, -0.2) is 0 Å². The van der Waals surface area contributed by atoms with Crippen molar-refractivity contribution in [3.63, 3.8) is 0 Å². The molecule has 0 bridgehead atoms. The van der Waals surface area contributed by atoms with Gasteiger partial charge in [0.25, 0.3) is 0 Å². The Morgan fingerprint density at radius 1 is 1.15 bits per heavy atom. The SMILES string of the molecule is CCC1CN(CCC2COC3(CCC(C(C)(C)CC(C)C)CC3)O2)CCO1. The number of nitrogens with zero attached hydrogens (tertiary/aromatic N) is 1. The fraction of sp³-hybridized carbons (Fsp3) is 1.00. The lowest BCUT2D eigenvalue weighted by atomic mass is 9.66. The van der Waals surface area contributed by atoms with Crippen molar-refractivity contribution in [1.82, 2.24) is 4.90 Å². The molecule has 2 heterocycles. The Labute approximate surface area is 167 Å². The monoisotopic (exact) mass is 381 g/mol. The van der Waals surface area contributed by atoms with E-state index in [4.69, 9.17) is 14.2 Å². The molecule has 2 aliphatic heterocycles. The largest absolute Gasteiger partial charge is 0.376 e. The van der Waals surface area contributed by atoms with Gasteiger partial charge in [-0.2, -0.15) is 0 Å². The highest BCUT2D eigenvalue weighted by Crippen LogP contribution is 2.48. The second-order valence-electron chi connectivity index (χ2n) is 10.3. The lowest BCUT2D eigenvalue weighted by Gasteiger charge is -2.43. The summed E-state index contributed by atoms with van der Waals surface area (Å²) in [6.45, 7) is 16.7. The van der Waals surface area contributed by atoms with Gasteiger partial charge in [0.05, 0.1) is 25.4 Å². The molecule has 1 saturated carbocycles. The Bertz CT molecular complexity index is 457. The molecular weight excluding hydrogens is 338 g/mol. The van der Waals surface area contributed by atoms with E-state index in [9.17, 15) is 0 Å². The summed E-state index contributed by atoms with van der Waals surface area (Å²) >= 11 is 0. The molecule has 1 aliphatic carbocycles. The molecule has 27 heavy (non-hydrogen) atoms. The highest BCUT2D eigenvalue weighted by molar-refractivity contribution is 4.90. The topological polar surface area (TPSA) is 30.9 Å². The quantitative estimate of drug-likeness (QED) is 0.630. The van der Waals surface area contributed by atoms with Crippen LogP contribution in [0, 0.1) is 17.3 Å². The predicted molar refractivity (Wildman–Crippen MR) is 110 cm³/mol. The lowest BCUT2D eigenvalue weighted by molar-refractivity contribution is -0.198. The fourth-order valence-electron chi connectivity index (χ4n) is 5.64. The maximum atomic E-state index is 6.50. The van der Waals surface area contributed by atoms with E-state index in [-0.39, 0.29) is 11.9 Å². The normalized spacial score (nSPS) is 36.0. The van der Waals surface area contributed by atoms with Gasteiger partial charge in [0.15, 0.2) is 5.79 Å². The van der Waals surface area contributed by atoms with Crippen LogP contribution in [0.15, 0.2) is 0 Å². The van der Waals surface area contributed by atoms with E-state index in [0.29, 0.717) is 11.5 Å². The zero-order valence-corrected chi connectivity index (χ0v) is 18.5. The minimum absolute atomic E-state index is 0.271. The van der Waals surface area contributed by atoms with Gasteiger partial charge in [0, 0.05) is 32.5 Å². The van der Waals surface area contributed by atoms with Crippen LogP contribution in [0.3, 0.4) is 0 Å². The Balaban J connectivity index is 1.42. The summed E-state index contributed by atoms with van der Waals surface area (Å²) in [5.41, 5.74) is 0.430. The van der Waals surface area contributed by atoms with Crippen molar-refractivity contribution in [3.8, 4) is 0 Å². The number of hydrogen-bond donors (Lipinski definition) is 0. The average molecular weight is 382 g/mol. The first-order chi connectivity index (χ1) is 12.8. The first-order valence-corrected chi connectivity index (χ1v) is 11.5. The molecule has 4 nitrogen and oxygen atoms in total. The Hall–Kier alpha value is -0.160. The molecule has 3 aliphatic rings. The van der Waals surface area contributed by atoms with Crippen LogP contribution in [-0.4, -0.2) is 55.7 Å². The molecule has 2 atom stereocenters. The molecule has 2 unspecified atom stereocenters. The van der Waals surface area contributed by atoms with Gasteiger partial charge in [0.1, 0.15) is 0 Å². The molecule has 0 radical (unpaired) electrons. The van der Waals surface area contributed by atoms with Crippen molar-refractivity contribution >= 4 is 0 Å². The number of morpholine rings is 1. The van der Waals surface area contributed by atoms with E-state index in [1.165, 1.54) is 19.3 Å². The molecule has 0 aromatic rings. The van der Waals surface area contributed by atoms with Crippen LogP contribution >= 0.6 is 0 Å². The smallest absolute Gasteiger partial charge is 0.168 e. The molecule has 0 aromatic heterocycles. The fourth-order valence-corrected chi connectivity index (χ4v) is 5.64. The minimum Gasteiger partial charge on any atom is -0.376 e. The van der Waals surface area contributed by atoms with Crippen LogP contribution in [0.25, 0.3) is 0 Å². The molecule has 0 N–H and O–H groups in total. The maximum Gasteiger partial charge on any atom is 0.168 e. The number of hydrogen-bond acceptors (Lipinski definition) is 4. The highest BCUT2D eigenvalue weighted by Gasteiger charge is 2.46. The van der Waals surface area contributed by atoms with E-state index in [1.807, 2.05) is 0 Å². The highest BCUT2D eigenvalue weighted by atomic mass is 16.7. The van der Waals surface area contributed by atoms with Crippen molar-refractivity contribution in [3.05, 3.63) is 0 Å². The molecule has 0 aromatic carbocycles. The third-order valence-corrected chi connectivity index (χ3v) is 7.15. The van der Waals surface area contributed by atoms with Crippen LogP contribution in [0.5, 0.6) is 0 Å². The first kappa shape index (κ1) is 21.5. The van der Waals surface area contributed by atoms with Crippen molar-refractivity contribution in [2.24, 2.45) is 17.3 Å². The summed E-state index contributed by atoms with van der Waals surface area (Å²) in [6, 6.07) is 0. The second-order valence-corrected chi connectivity index (χ2v) is 10.3. The summed E-state index contributed by atoms with van der Waals surface area (Å²) in [6.07, 6.45) is 8.83. The molecule has 3 rings (SSSR count). The third kappa shape index (κ3) is 5.68. The molecule has 3 fully saturated rings. The molecule has 2 saturated heterocycles. The van der Waals surface area contributed by atoms with Crippen molar-refractivity contribution in [2.45, 2.75) is 97.6 Å². The summed E-state index contributed by atoms with van der Waals surface area (Å²) in [5.74, 6) is 1.30. The standard InChI is InChI=1S/C23H43NO3/c1-6-20-16-24(13-14-25-20)12-9-21-17-26-23(27-21)10-7-19(8-11-23)22(4,5)15-18(2)3/h18-21H,6-17H2,1-5H3. The third-order valence-electron chi connectivity index (χ3n) is 7.15. The van der Waals surface area contributed by atoms with E-state index in [1.54, 1.807) is 0 Å². The summed E-state index contributed by atoms with van der Waals surface area (Å²) in [7, 11) is 0. The van der Waals surface area contributed by atoms with Crippen LogP contribution in [0.4, 0.5) is 0 Å². The zero-order valence-electron chi connectivity index (χ0n) is 18.5. The van der Waals surface area contributed by atoms with E-state index >= 15 is 0 Å². The average Bonchev–Trinajstić information content (AvgIpc) is 3.02. The van der Waals surface area contributed by atoms with Crippen LogP contribution in [0.1, 0.15) is 79.6 Å². The van der Waals surface area contributed by atoms with Crippen molar-refractivity contribution in [2.75, 3.05) is 32.8 Å². The second kappa shape index (κ2) is 9.11. The van der Waals surface area contributed by atoms with Gasteiger partial charge in [0.2, 0.25) is 0 Å². The van der Waals surface area contributed by atoms with Gasteiger partial charge in [-0.3, -0.25) is 4.90 Å². The summed E-state index contributed by atoms with van der Waals surface area (Å²) in [4.78, 5) is 2.54. The van der Waals surface area contributed by atoms with Crippen LogP contribution in [-0.2, 0) is 14.2 Å². The predicted octanol–water partition coefficient (Wildman–Crippen LogP) is 4.86. The van der Waals surface area contributed by atoms with Crippen LogP contribution in [0.2, 0.25) is 0 Å². The number of ether oxygens (including phenoxy) is 3. The Kier molecular flexibility index (Phi) is 7.27. The molecule has 158 valence electrons. The summed E-state index contributed by atoms with van der Waals surface area (Å²) in [5, 5.41) is 0. The summed E-state index contributed by atoms with van der Waals surface area (Å²) < 4.78 is 18.5. The van der Waals surface area contributed by atoms with Gasteiger partial charge in [-0.05, 0) is 49.4 Å². The van der Waals surface area contributed by atoms with Gasteiger partial charge in [-0.1, -0.05) is 34.6 Å². The van der Waals surface area contributed by atoms with Gasteiger partial charge >= 0.3 is 0 Å². The van der Waals surface area contributed by atoms with Crippen molar-refractivity contribution in [1.29, 1.82) is 0 Å². The van der Waals surface area contributed by atoms with E-state index in [2.05, 4.69) is 39.5 Å². The first-order valence-electron chi connectivity index (χ1n) is 11.5. The van der Waals surface area contributed by atoms with E-state index in [0.717, 1.165) is 70.4 Å². The molecule has 4 heteroatoms.